The third-order valence-electron chi connectivity index (χ3n) is 6.76. The third-order valence-corrected chi connectivity index (χ3v) is 6.76. The summed E-state index contributed by atoms with van der Waals surface area (Å²) >= 11 is 0. The van der Waals surface area contributed by atoms with Crippen LogP contribution in [0.5, 0.6) is 0 Å². The smallest absolute Gasteiger partial charge is 0.0431 e. The maximum Gasteiger partial charge on any atom is 0.0431 e. The van der Waals surface area contributed by atoms with Crippen molar-refractivity contribution >= 4 is 0 Å². The van der Waals surface area contributed by atoms with E-state index < -0.39 is 0 Å². The fraction of sp³-hybridized carbons (Fsp3) is 1.00. The average molecular weight is 457 g/mol. The van der Waals surface area contributed by atoms with Crippen molar-refractivity contribution in [3.8, 4) is 0 Å². The summed E-state index contributed by atoms with van der Waals surface area (Å²) in [5.74, 6) is 0. The highest BCUT2D eigenvalue weighted by Gasteiger charge is 2.03. The summed E-state index contributed by atoms with van der Waals surface area (Å²) in [6.07, 6.45) is 26.3. The summed E-state index contributed by atoms with van der Waals surface area (Å²) in [6.45, 7) is 5.60. The monoisotopic (exact) mass is 456 g/mol. The molecule has 0 aromatic carbocycles. The van der Waals surface area contributed by atoms with Crippen LogP contribution in [0, 0.1) is 0 Å². The van der Waals surface area contributed by atoms with Gasteiger partial charge in [-0.1, -0.05) is 103 Å². The summed E-state index contributed by atoms with van der Waals surface area (Å²) in [7, 11) is 4.56. The van der Waals surface area contributed by atoms with Crippen LogP contribution in [-0.2, 0) is 0 Å². The van der Waals surface area contributed by atoms with Crippen molar-refractivity contribution in [3.63, 3.8) is 0 Å². The van der Waals surface area contributed by atoms with Gasteiger partial charge < -0.3 is 20.0 Å². The molecule has 0 aliphatic rings. The van der Waals surface area contributed by atoms with Crippen molar-refractivity contribution in [1.29, 1.82) is 0 Å². The predicted octanol–water partition coefficient (Wildman–Crippen LogP) is 6.64. The first kappa shape index (κ1) is 31.8. The molecule has 0 saturated heterocycles. The van der Waals surface area contributed by atoms with E-state index in [0.29, 0.717) is 13.2 Å². The lowest BCUT2D eigenvalue weighted by atomic mass is 10.1. The highest BCUT2D eigenvalue weighted by Crippen LogP contribution is 2.12. The van der Waals surface area contributed by atoms with Crippen molar-refractivity contribution in [2.45, 2.75) is 128 Å². The Morgan fingerprint density at radius 1 is 0.312 bits per heavy atom. The van der Waals surface area contributed by atoms with E-state index in [-0.39, 0.29) is 0 Å². The van der Waals surface area contributed by atoms with E-state index in [0.717, 1.165) is 12.8 Å². The SMILES string of the molecule is CN(CCCCCCCCCCCCO)CCN(C)CCCCCCCCCCCCO. The van der Waals surface area contributed by atoms with Gasteiger partial charge in [-0.05, 0) is 52.9 Å². The highest BCUT2D eigenvalue weighted by molar-refractivity contribution is 4.59. The molecule has 32 heavy (non-hydrogen) atoms. The van der Waals surface area contributed by atoms with E-state index in [1.165, 1.54) is 142 Å². The number of likely N-dealkylation sites (N-methyl/N-ethyl adjacent to an activating group) is 2. The standard InChI is InChI=1S/C28H60N2O2/c1-29(23-19-15-11-7-3-5-9-13-17-21-27-31)25-26-30(2)24-20-16-12-8-4-6-10-14-18-22-28-32/h31-32H,3-28H2,1-2H3. The quantitative estimate of drug-likeness (QED) is 0.136. The van der Waals surface area contributed by atoms with Gasteiger partial charge in [0.2, 0.25) is 0 Å². The number of hydrogen-bond acceptors (Lipinski definition) is 4. The molecule has 0 saturated carbocycles. The Hall–Kier alpha value is -0.160. The van der Waals surface area contributed by atoms with Crippen molar-refractivity contribution in [2.24, 2.45) is 0 Å². The molecule has 4 nitrogen and oxygen atoms in total. The molecule has 0 spiro atoms. The van der Waals surface area contributed by atoms with Crippen LogP contribution in [0.25, 0.3) is 0 Å². The molecule has 0 atom stereocenters. The minimum Gasteiger partial charge on any atom is -0.396 e. The van der Waals surface area contributed by atoms with Gasteiger partial charge in [-0.2, -0.15) is 0 Å². The molecule has 0 aromatic rings. The molecule has 0 heterocycles. The van der Waals surface area contributed by atoms with Crippen molar-refractivity contribution in [3.05, 3.63) is 0 Å². The summed E-state index contributed by atoms with van der Waals surface area (Å²) in [4.78, 5) is 5.02. The fourth-order valence-electron chi connectivity index (χ4n) is 4.38. The van der Waals surface area contributed by atoms with Gasteiger partial charge in [0.1, 0.15) is 0 Å². The summed E-state index contributed by atoms with van der Waals surface area (Å²) in [5.41, 5.74) is 0. The van der Waals surface area contributed by atoms with Crippen LogP contribution in [-0.4, -0.2) is 73.5 Å². The van der Waals surface area contributed by atoms with Gasteiger partial charge in [-0.25, -0.2) is 0 Å². The van der Waals surface area contributed by atoms with Gasteiger partial charge in [-0.15, -0.1) is 0 Å². The van der Waals surface area contributed by atoms with Crippen molar-refractivity contribution in [2.75, 3.05) is 53.5 Å². The van der Waals surface area contributed by atoms with Crippen LogP contribution in [0.2, 0.25) is 0 Å². The van der Waals surface area contributed by atoms with Gasteiger partial charge in [0, 0.05) is 26.3 Å². The lowest BCUT2D eigenvalue weighted by Crippen LogP contribution is -2.32. The second-order valence-electron chi connectivity index (χ2n) is 10.1. The van der Waals surface area contributed by atoms with Crippen molar-refractivity contribution in [1.82, 2.24) is 9.80 Å². The zero-order valence-corrected chi connectivity index (χ0v) is 22.2. The Bertz CT molecular complexity index is 309. The van der Waals surface area contributed by atoms with E-state index in [4.69, 9.17) is 10.2 Å². The molecule has 4 heteroatoms. The number of nitrogens with zero attached hydrogens (tertiary/aromatic N) is 2. The molecule has 0 bridgehead atoms. The summed E-state index contributed by atoms with van der Waals surface area (Å²) < 4.78 is 0. The van der Waals surface area contributed by atoms with Gasteiger partial charge in [0.15, 0.2) is 0 Å². The zero-order valence-electron chi connectivity index (χ0n) is 22.2. The molecule has 2 N–H and O–H groups in total. The predicted molar refractivity (Wildman–Crippen MR) is 142 cm³/mol. The van der Waals surface area contributed by atoms with Gasteiger partial charge in [-0.3, -0.25) is 0 Å². The fourth-order valence-corrected chi connectivity index (χ4v) is 4.38. The molecule has 0 fully saturated rings. The Morgan fingerprint density at radius 3 is 0.781 bits per heavy atom. The lowest BCUT2D eigenvalue weighted by Gasteiger charge is -2.22. The van der Waals surface area contributed by atoms with Gasteiger partial charge in [0.05, 0.1) is 0 Å². The van der Waals surface area contributed by atoms with Crippen LogP contribution >= 0.6 is 0 Å². The maximum absolute atomic E-state index is 8.78. The van der Waals surface area contributed by atoms with E-state index in [1.807, 2.05) is 0 Å². The van der Waals surface area contributed by atoms with Gasteiger partial charge >= 0.3 is 0 Å². The Balaban J connectivity index is 3.28. The Labute approximate surface area is 202 Å². The second-order valence-corrected chi connectivity index (χ2v) is 10.1. The molecule has 0 radical (unpaired) electrons. The topological polar surface area (TPSA) is 46.9 Å². The first-order valence-electron chi connectivity index (χ1n) is 14.3. The first-order chi connectivity index (χ1) is 15.7. The molecule has 0 aliphatic heterocycles. The molecule has 0 aromatic heterocycles. The van der Waals surface area contributed by atoms with Crippen LogP contribution in [0.15, 0.2) is 0 Å². The molecular formula is C28H60N2O2. The minimum atomic E-state index is 0.360. The normalized spacial score (nSPS) is 11.8. The van der Waals surface area contributed by atoms with E-state index >= 15 is 0 Å². The van der Waals surface area contributed by atoms with E-state index in [1.54, 1.807) is 0 Å². The minimum absolute atomic E-state index is 0.360. The Morgan fingerprint density at radius 2 is 0.531 bits per heavy atom. The molecule has 0 aliphatic carbocycles. The first-order valence-corrected chi connectivity index (χ1v) is 14.3. The lowest BCUT2D eigenvalue weighted by molar-refractivity contribution is 0.249. The number of unbranched alkanes of at least 4 members (excludes halogenated alkanes) is 18. The molecule has 0 unspecified atom stereocenters. The highest BCUT2D eigenvalue weighted by atomic mass is 16.3. The number of aliphatic hydroxyl groups is 2. The largest absolute Gasteiger partial charge is 0.396 e. The van der Waals surface area contributed by atoms with E-state index in [2.05, 4.69) is 23.9 Å². The average Bonchev–Trinajstić information content (AvgIpc) is 2.79. The molecule has 0 rings (SSSR count). The van der Waals surface area contributed by atoms with Crippen LogP contribution in [0.1, 0.15) is 128 Å². The van der Waals surface area contributed by atoms with Gasteiger partial charge in [0.25, 0.3) is 0 Å². The maximum atomic E-state index is 8.78. The number of hydrogen-bond donors (Lipinski definition) is 2. The Kier molecular flexibility index (Phi) is 27.0. The van der Waals surface area contributed by atoms with E-state index in [9.17, 15) is 0 Å². The number of rotatable bonds is 27. The second kappa shape index (κ2) is 27.1. The summed E-state index contributed by atoms with van der Waals surface area (Å²) in [5, 5.41) is 17.6. The van der Waals surface area contributed by atoms with Crippen molar-refractivity contribution < 1.29 is 10.2 Å². The zero-order chi connectivity index (χ0) is 23.5. The molecular weight excluding hydrogens is 396 g/mol. The number of aliphatic hydroxyl groups excluding tert-OH is 2. The van der Waals surface area contributed by atoms with Crippen LogP contribution < -0.4 is 0 Å². The molecule has 0 amide bonds. The van der Waals surface area contributed by atoms with Crippen LogP contribution in [0.3, 0.4) is 0 Å². The third kappa shape index (κ3) is 26.1. The van der Waals surface area contributed by atoms with Crippen LogP contribution in [0.4, 0.5) is 0 Å². The molecule has 194 valence electrons. The summed E-state index contributed by atoms with van der Waals surface area (Å²) in [6, 6.07) is 0.